The first kappa shape index (κ1) is 21.2. The molecule has 22 heavy (non-hydrogen) atoms. The van der Waals surface area contributed by atoms with E-state index in [1.165, 1.54) is 5.30 Å². The summed E-state index contributed by atoms with van der Waals surface area (Å²) in [6, 6.07) is 8.49. The Morgan fingerprint density at radius 3 is 1.55 bits per heavy atom. The minimum Gasteiger partial charge on any atom is -0.493 e. The van der Waals surface area contributed by atoms with Crippen LogP contribution in [0, 0.1) is 0 Å². The van der Waals surface area contributed by atoms with Crippen molar-refractivity contribution >= 4 is 20.5 Å². The SMILES string of the molecule is COc1ccccc1[PH+](C(C)(C)C)C(C)(C)C.F[B-](F)(F)F. The van der Waals surface area contributed by atoms with Gasteiger partial charge in [0.25, 0.3) is 0 Å². The molecule has 0 aliphatic rings. The largest absolute Gasteiger partial charge is 0.673 e. The zero-order valence-corrected chi connectivity index (χ0v) is 15.3. The molecule has 0 atom stereocenters. The third-order valence-corrected chi connectivity index (χ3v) is 6.83. The van der Waals surface area contributed by atoms with Crippen molar-refractivity contribution in [2.75, 3.05) is 7.11 Å². The van der Waals surface area contributed by atoms with E-state index in [0.717, 1.165) is 5.75 Å². The predicted molar refractivity (Wildman–Crippen MR) is 90.6 cm³/mol. The molecule has 0 aromatic heterocycles. The molecule has 0 saturated heterocycles. The lowest BCUT2D eigenvalue weighted by Gasteiger charge is -2.34. The zero-order chi connectivity index (χ0) is 17.8. The van der Waals surface area contributed by atoms with Crippen LogP contribution in [0.1, 0.15) is 41.5 Å². The van der Waals surface area contributed by atoms with Crippen molar-refractivity contribution in [3.8, 4) is 5.75 Å². The summed E-state index contributed by atoms with van der Waals surface area (Å²) in [7, 11) is -4.95. The first-order valence-corrected chi connectivity index (χ1v) is 8.56. The van der Waals surface area contributed by atoms with E-state index in [1.807, 2.05) is 6.07 Å². The maximum Gasteiger partial charge on any atom is 0.673 e. The van der Waals surface area contributed by atoms with Crippen LogP contribution < -0.4 is 10.0 Å². The summed E-state index contributed by atoms with van der Waals surface area (Å²) in [5.41, 5.74) is 0. The quantitative estimate of drug-likeness (QED) is 0.396. The second-order valence-electron chi connectivity index (χ2n) is 7.07. The molecule has 1 nitrogen and oxygen atoms in total. The van der Waals surface area contributed by atoms with Gasteiger partial charge in [0.05, 0.1) is 17.4 Å². The highest BCUT2D eigenvalue weighted by atomic mass is 31.1. The van der Waals surface area contributed by atoms with E-state index < -0.39 is 15.2 Å². The van der Waals surface area contributed by atoms with E-state index in [9.17, 15) is 17.3 Å². The molecule has 0 spiro atoms. The molecule has 0 radical (unpaired) electrons. The predicted octanol–water partition coefficient (Wildman–Crippen LogP) is 5.43. The summed E-state index contributed by atoms with van der Waals surface area (Å²) in [5.74, 6) is 1.05. The van der Waals surface area contributed by atoms with Crippen LogP contribution in [0.25, 0.3) is 0 Å². The molecule has 0 heterocycles. The van der Waals surface area contributed by atoms with Gasteiger partial charge in [-0.3, -0.25) is 0 Å². The van der Waals surface area contributed by atoms with Gasteiger partial charge in [-0.1, -0.05) is 12.1 Å². The molecule has 1 rings (SSSR count). The molecule has 0 unspecified atom stereocenters. The smallest absolute Gasteiger partial charge is 0.493 e. The van der Waals surface area contributed by atoms with Gasteiger partial charge in [-0.05, 0) is 53.7 Å². The number of ether oxygens (including phenoxy) is 1. The summed E-state index contributed by atoms with van der Waals surface area (Å²) in [4.78, 5) is 0. The summed E-state index contributed by atoms with van der Waals surface area (Å²) in [5, 5.41) is 2.05. The molecular weight excluding hydrogens is 314 g/mol. The number of methoxy groups -OCH3 is 1. The van der Waals surface area contributed by atoms with Crippen molar-refractivity contribution in [2.24, 2.45) is 0 Å². The van der Waals surface area contributed by atoms with Gasteiger partial charge in [0.2, 0.25) is 0 Å². The molecule has 0 amide bonds. The van der Waals surface area contributed by atoms with Crippen molar-refractivity contribution in [3.63, 3.8) is 0 Å². The number of hydrogen-bond acceptors (Lipinski definition) is 1. The van der Waals surface area contributed by atoms with Gasteiger partial charge in [-0.2, -0.15) is 0 Å². The van der Waals surface area contributed by atoms with E-state index in [4.69, 9.17) is 4.74 Å². The molecule has 0 N–H and O–H groups in total. The van der Waals surface area contributed by atoms with Crippen LogP contribution in [-0.4, -0.2) is 24.7 Å². The van der Waals surface area contributed by atoms with Gasteiger partial charge in [0.1, 0.15) is 5.30 Å². The second-order valence-corrected chi connectivity index (χ2v) is 11.4. The molecule has 0 aliphatic heterocycles. The Labute approximate surface area is 132 Å². The van der Waals surface area contributed by atoms with Crippen molar-refractivity contribution in [1.29, 1.82) is 0 Å². The summed E-state index contributed by atoms with van der Waals surface area (Å²) >= 11 is 0. The number of benzene rings is 1. The monoisotopic (exact) mass is 340 g/mol. The lowest BCUT2D eigenvalue weighted by atomic mass is 10.2. The Hall–Kier alpha value is -0.765. The van der Waals surface area contributed by atoms with Gasteiger partial charge in [-0.25, -0.2) is 0 Å². The molecular formula is C15H26BF4OP. The van der Waals surface area contributed by atoms with Gasteiger partial charge in [0, 0.05) is 7.92 Å². The van der Waals surface area contributed by atoms with Crippen LogP contribution in [0.5, 0.6) is 5.75 Å². The molecule has 0 bridgehead atoms. The Kier molecular flexibility index (Phi) is 7.41. The van der Waals surface area contributed by atoms with Crippen molar-refractivity contribution in [3.05, 3.63) is 24.3 Å². The maximum absolute atomic E-state index is 9.75. The van der Waals surface area contributed by atoms with E-state index in [1.54, 1.807) is 7.11 Å². The first-order valence-electron chi connectivity index (χ1n) is 7.06. The lowest BCUT2D eigenvalue weighted by molar-refractivity contribution is 0.368. The zero-order valence-electron chi connectivity index (χ0n) is 14.3. The maximum atomic E-state index is 9.75. The van der Waals surface area contributed by atoms with Crippen LogP contribution in [0.15, 0.2) is 24.3 Å². The summed E-state index contributed by atoms with van der Waals surface area (Å²) in [6.07, 6.45) is 0. The first-order chi connectivity index (χ1) is 9.68. The number of para-hydroxylation sites is 1. The molecule has 1 aromatic rings. The average Bonchev–Trinajstić information content (AvgIpc) is 2.23. The molecule has 128 valence electrons. The highest BCUT2D eigenvalue weighted by Crippen LogP contribution is 2.59. The summed E-state index contributed by atoms with van der Waals surface area (Å²) in [6.45, 7) is 14.1. The second kappa shape index (κ2) is 7.67. The van der Waals surface area contributed by atoms with Gasteiger partial charge < -0.3 is 22.0 Å². The minimum absolute atomic E-state index is 0.317. The fraction of sp³-hybridized carbons (Fsp3) is 0.600. The van der Waals surface area contributed by atoms with Gasteiger partial charge in [-0.15, -0.1) is 0 Å². The Morgan fingerprint density at radius 2 is 1.23 bits per heavy atom. The molecule has 0 aliphatic carbocycles. The summed E-state index contributed by atoms with van der Waals surface area (Å²) < 4.78 is 44.5. The van der Waals surface area contributed by atoms with Crippen LogP contribution in [0.4, 0.5) is 17.3 Å². The molecule has 1 aromatic carbocycles. The van der Waals surface area contributed by atoms with Gasteiger partial charge in [0.15, 0.2) is 5.75 Å². The highest BCUT2D eigenvalue weighted by Gasteiger charge is 2.45. The van der Waals surface area contributed by atoms with E-state index in [2.05, 4.69) is 59.7 Å². The lowest BCUT2D eigenvalue weighted by Crippen LogP contribution is -2.31. The number of halogens is 4. The topological polar surface area (TPSA) is 9.23 Å². The molecule has 0 fully saturated rings. The Bertz CT molecular complexity index is 444. The van der Waals surface area contributed by atoms with E-state index in [-0.39, 0.29) is 0 Å². The highest BCUT2D eigenvalue weighted by molar-refractivity contribution is 7.68. The molecule has 0 saturated carbocycles. The Morgan fingerprint density at radius 1 is 0.864 bits per heavy atom. The van der Waals surface area contributed by atoms with Crippen molar-refractivity contribution < 1.29 is 22.0 Å². The van der Waals surface area contributed by atoms with E-state index in [0.29, 0.717) is 10.3 Å². The fourth-order valence-electron chi connectivity index (χ4n) is 2.78. The van der Waals surface area contributed by atoms with Crippen molar-refractivity contribution in [2.45, 2.75) is 51.9 Å². The van der Waals surface area contributed by atoms with Crippen LogP contribution >= 0.6 is 7.92 Å². The number of hydrogen-bond donors (Lipinski definition) is 0. The van der Waals surface area contributed by atoms with Crippen LogP contribution in [0.3, 0.4) is 0 Å². The normalized spacial score (nSPS) is 12.7. The fourth-order valence-corrected chi connectivity index (χ4v) is 7.34. The third-order valence-electron chi connectivity index (χ3n) is 2.88. The van der Waals surface area contributed by atoms with Crippen molar-refractivity contribution in [1.82, 2.24) is 0 Å². The molecule has 7 heteroatoms. The minimum atomic E-state index is -6.00. The Balaban J connectivity index is 0.000000763. The van der Waals surface area contributed by atoms with Crippen LogP contribution in [-0.2, 0) is 0 Å². The van der Waals surface area contributed by atoms with Gasteiger partial charge >= 0.3 is 7.25 Å². The third kappa shape index (κ3) is 8.02. The van der Waals surface area contributed by atoms with E-state index >= 15 is 0 Å². The number of rotatable bonds is 2. The van der Waals surface area contributed by atoms with Crippen LogP contribution in [0.2, 0.25) is 0 Å². The standard InChI is InChI=1S/C15H25OP.BF4/c1-14(2,3)17(15(4,5)6)13-11-9-8-10-12(13)16-7;2-1(3,4)5/h8-11H,1-7H3;/q;-1/p+1. The average molecular weight is 340 g/mol.